The third kappa shape index (κ3) is 2.62. The number of aryl methyl sites for hydroxylation is 1. The van der Waals surface area contributed by atoms with Crippen LogP contribution in [0.15, 0.2) is 30.5 Å². The molecule has 2 N–H and O–H groups in total. The third-order valence-electron chi connectivity index (χ3n) is 3.03. The predicted molar refractivity (Wildman–Crippen MR) is 69.9 cm³/mol. The van der Waals surface area contributed by atoms with Crippen molar-refractivity contribution in [2.45, 2.75) is 26.4 Å². The van der Waals surface area contributed by atoms with Gasteiger partial charge in [0, 0.05) is 24.2 Å². The van der Waals surface area contributed by atoms with Crippen LogP contribution in [-0.2, 0) is 6.54 Å². The molecule has 0 aliphatic carbocycles. The number of hydrogen-bond acceptors (Lipinski definition) is 3. The molecule has 1 aromatic heterocycles. The molecule has 0 fully saturated rings. The zero-order valence-corrected chi connectivity index (χ0v) is 10.3. The normalized spacial score (nSPS) is 12.9. The molecule has 0 unspecified atom stereocenters. The van der Waals surface area contributed by atoms with Gasteiger partial charge in [0.15, 0.2) is 0 Å². The molecule has 0 aliphatic heterocycles. The van der Waals surface area contributed by atoms with E-state index in [9.17, 15) is 0 Å². The van der Waals surface area contributed by atoms with Gasteiger partial charge in [0.05, 0.1) is 12.1 Å². The molecule has 3 heteroatoms. The van der Waals surface area contributed by atoms with Crippen molar-refractivity contribution in [3.63, 3.8) is 0 Å². The van der Waals surface area contributed by atoms with Gasteiger partial charge in [-0.05, 0) is 37.1 Å². The number of fused-ring (bicyclic) bond motifs is 1. The van der Waals surface area contributed by atoms with Gasteiger partial charge in [-0.1, -0.05) is 12.1 Å². The van der Waals surface area contributed by atoms with Crippen LogP contribution in [0.4, 0.5) is 0 Å². The minimum atomic E-state index is 0.112. The van der Waals surface area contributed by atoms with E-state index in [4.69, 9.17) is 5.11 Å². The maximum absolute atomic E-state index is 9.02. The van der Waals surface area contributed by atoms with Gasteiger partial charge in [0.1, 0.15) is 0 Å². The molecule has 0 spiro atoms. The fourth-order valence-electron chi connectivity index (χ4n) is 1.90. The minimum Gasteiger partial charge on any atom is -0.395 e. The van der Waals surface area contributed by atoms with E-state index < -0.39 is 0 Å². The second kappa shape index (κ2) is 5.25. The van der Waals surface area contributed by atoms with Gasteiger partial charge in [0.25, 0.3) is 0 Å². The average molecular weight is 230 g/mol. The van der Waals surface area contributed by atoms with Gasteiger partial charge in [-0.2, -0.15) is 0 Å². The Hall–Kier alpha value is -1.45. The van der Waals surface area contributed by atoms with Crippen LogP contribution in [0.2, 0.25) is 0 Å². The van der Waals surface area contributed by atoms with Gasteiger partial charge >= 0.3 is 0 Å². The van der Waals surface area contributed by atoms with Gasteiger partial charge in [0.2, 0.25) is 0 Å². The Morgan fingerprint density at radius 2 is 2.18 bits per heavy atom. The maximum Gasteiger partial charge on any atom is 0.0705 e. The van der Waals surface area contributed by atoms with Gasteiger partial charge in [-0.3, -0.25) is 4.98 Å². The first-order valence-electron chi connectivity index (χ1n) is 5.90. The highest BCUT2D eigenvalue weighted by Gasteiger charge is 2.06. The molecule has 0 aliphatic rings. The van der Waals surface area contributed by atoms with Crippen molar-refractivity contribution in [1.29, 1.82) is 0 Å². The topological polar surface area (TPSA) is 45.2 Å². The zero-order valence-electron chi connectivity index (χ0n) is 10.3. The smallest absolute Gasteiger partial charge is 0.0705 e. The van der Waals surface area contributed by atoms with Crippen LogP contribution < -0.4 is 5.32 Å². The quantitative estimate of drug-likeness (QED) is 0.844. The van der Waals surface area contributed by atoms with Crippen LogP contribution in [0.25, 0.3) is 10.9 Å². The van der Waals surface area contributed by atoms with Crippen LogP contribution in [0.3, 0.4) is 0 Å². The van der Waals surface area contributed by atoms with E-state index in [-0.39, 0.29) is 12.6 Å². The Morgan fingerprint density at radius 1 is 1.35 bits per heavy atom. The first kappa shape index (κ1) is 12.0. The highest BCUT2D eigenvalue weighted by atomic mass is 16.3. The van der Waals surface area contributed by atoms with Crippen molar-refractivity contribution in [2.24, 2.45) is 0 Å². The maximum atomic E-state index is 9.02. The van der Waals surface area contributed by atoms with E-state index in [1.165, 1.54) is 16.5 Å². The Bertz CT molecular complexity index is 511. The summed E-state index contributed by atoms with van der Waals surface area (Å²) in [7, 11) is 0. The SMILES string of the molecule is Cc1ccc2ncccc2c1CN[C@@H](C)CO. The van der Waals surface area contributed by atoms with Crippen molar-refractivity contribution in [3.05, 3.63) is 41.6 Å². The Balaban J connectivity index is 2.34. The summed E-state index contributed by atoms with van der Waals surface area (Å²) in [6.07, 6.45) is 1.81. The lowest BCUT2D eigenvalue weighted by Gasteiger charge is -2.14. The zero-order chi connectivity index (χ0) is 12.3. The van der Waals surface area contributed by atoms with E-state index in [2.05, 4.69) is 29.4 Å². The summed E-state index contributed by atoms with van der Waals surface area (Å²) in [6, 6.07) is 8.30. The lowest BCUT2D eigenvalue weighted by molar-refractivity contribution is 0.251. The highest BCUT2D eigenvalue weighted by Crippen LogP contribution is 2.20. The summed E-state index contributed by atoms with van der Waals surface area (Å²) in [4.78, 5) is 4.35. The fraction of sp³-hybridized carbons (Fsp3) is 0.357. The first-order valence-corrected chi connectivity index (χ1v) is 5.90. The first-order chi connectivity index (χ1) is 8.22. The van der Waals surface area contributed by atoms with E-state index in [0.717, 1.165) is 12.1 Å². The predicted octanol–water partition coefficient (Wildman–Crippen LogP) is 2.01. The van der Waals surface area contributed by atoms with Crippen molar-refractivity contribution in [1.82, 2.24) is 10.3 Å². The lowest BCUT2D eigenvalue weighted by Crippen LogP contribution is -2.29. The van der Waals surface area contributed by atoms with Crippen molar-refractivity contribution in [2.75, 3.05) is 6.61 Å². The molecule has 1 heterocycles. The molecule has 0 bridgehead atoms. The minimum absolute atomic E-state index is 0.112. The summed E-state index contributed by atoms with van der Waals surface area (Å²) in [5.41, 5.74) is 3.53. The Kier molecular flexibility index (Phi) is 3.71. The van der Waals surface area contributed by atoms with Crippen LogP contribution in [0, 0.1) is 6.92 Å². The van der Waals surface area contributed by atoms with E-state index in [0.29, 0.717) is 0 Å². The summed E-state index contributed by atoms with van der Waals surface area (Å²) in [6.45, 7) is 4.99. The number of pyridine rings is 1. The number of rotatable bonds is 4. The average Bonchev–Trinajstić information content (AvgIpc) is 2.37. The molecule has 17 heavy (non-hydrogen) atoms. The summed E-state index contributed by atoms with van der Waals surface area (Å²) < 4.78 is 0. The van der Waals surface area contributed by atoms with Crippen LogP contribution in [0.5, 0.6) is 0 Å². The molecule has 0 amide bonds. The van der Waals surface area contributed by atoms with Crippen molar-refractivity contribution < 1.29 is 5.11 Å². The third-order valence-corrected chi connectivity index (χ3v) is 3.03. The molecule has 0 saturated carbocycles. The standard InChI is InChI=1S/C14H18N2O/c1-10-5-6-14-12(4-3-7-15-14)13(10)8-16-11(2)9-17/h3-7,11,16-17H,8-9H2,1-2H3/t11-/m0/s1. The molecule has 0 radical (unpaired) electrons. The molecule has 1 aromatic carbocycles. The number of nitrogens with one attached hydrogen (secondary N) is 1. The number of aliphatic hydroxyl groups excluding tert-OH is 1. The highest BCUT2D eigenvalue weighted by molar-refractivity contribution is 5.83. The van der Waals surface area contributed by atoms with E-state index in [1.807, 2.05) is 25.3 Å². The molecule has 3 nitrogen and oxygen atoms in total. The molecular formula is C14H18N2O. The van der Waals surface area contributed by atoms with E-state index in [1.54, 1.807) is 0 Å². The van der Waals surface area contributed by atoms with Gasteiger partial charge in [-0.25, -0.2) is 0 Å². The molecular weight excluding hydrogens is 212 g/mol. The summed E-state index contributed by atoms with van der Waals surface area (Å²) >= 11 is 0. The number of benzene rings is 1. The lowest BCUT2D eigenvalue weighted by atomic mass is 10.0. The fourth-order valence-corrected chi connectivity index (χ4v) is 1.90. The van der Waals surface area contributed by atoms with Crippen molar-refractivity contribution in [3.8, 4) is 0 Å². The molecule has 2 rings (SSSR count). The van der Waals surface area contributed by atoms with E-state index >= 15 is 0 Å². The molecule has 2 aromatic rings. The van der Waals surface area contributed by atoms with Gasteiger partial charge < -0.3 is 10.4 Å². The van der Waals surface area contributed by atoms with Crippen LogP contribution >= 0.6 is 0 Å². The monoisotopic (exact) mass is 230 g/mol. The number of aliphatic hydroxyl groups is 1. The molecule has 0 saturated heterocycles. The second-order valence-corrected chi connectivity index (χ2v) is 4.40. The summed E-state index contributed by atoms with van der Waals surface area (Å²) in [5, 5.41) is 13.5. The summed E-state index contributed by atoms with van der Waals surface area (Å²) in [5.74, 6) is 0. The van der Waals surface area contributed by atoms with Crippen LogP contribution in [-0.4, -0.2) is 22.7 Å². The Morgan fingerprint density at radius 3 is 2.94 bits per heavy atom. The second-order valence-electron chi connectivity index (χ2n) is 4.40. The number of hydrogen-bond donors (Lipinski definition) is 2. The Labute approximate surface area is 102 Å². The number of aromatic nitrogens is 1. The molecule has 1 atom stereocenters. The van der Waals surface area contributed by atoms with Crippen LogP contribution in [0.1, 0.15) is 18.1 Å². The number of nitrogens with zero attached hydrogens (tertiary/aromatic N) is 1. The van der Waals surface area contributed by atoms with Crippen molar-refractivity contribution >= 4 is 10.9 Å². The largest absolute Gasteiger partial charge is 0.395 e. The molecule has 90 valence electrons. The van der Waals surface area contributed by atoms with Gasteiger partial charge in [-0.15, -0.1) is 0 Å².